The van der Waals surface area contributed by atoms with Gasteiger partial charge in [0.25, 0.3) is 0 Å². The Balaban J connectivity index is 2.32. The van der Waals surface area contributed by atoms with E-state index in [2.05, 4.69) is 10.6 Å². The zero-order valence-corrected chi connectivity index (χ0v) is 5.55. The van der Waals surface area contributed by atoms with E-state index < -0.39 is 0 Å². The van der Waals surface area contributed by atoms with Crippen molar-refractivity contribution in [3.63, 3.8) is 0 Å². The number of carbonyl (C=O) groups is 1. The van der Waals surface area contributed by atoms with Crippen molar-refractivity contribution in [3.8, 4) is 0 Å². The zero-order chi connectivity index (χ0) is 6.69. The van der Waals surface area contributed by atoms with Crippen LogP contribution < -0.4 is 10.6 Å². The van der Waals surface area contributed by atoms with Crippen LogP contribution in [0.15, 0.2) is 0 Å². The first-order valence-electron chi connectivity index (χ1n) is 3.23. The summed E-state index contributed by atoms with van der Waals surface area (Å²) in [6, 6.07) is -0.0463. The Bertz CT molecular complexity index is 108. The fourth-order valence-electron chi connectivity index (χ4n) is 1.00. The van der Waals surface area contributed by atoms with Crippen LogP contribution in [0, 0.1) is 0 Å². The predicted molar refractivity (Wildman–Crippen MR) is 34.1 cm³/mol. The highest BCUT2D eigenvalue weighted by Crippen LogP contribution is 2.05. The van der Waals surface area contributed by atoms with E-state index in [1.54, 1.807) is 7.05 Å². The van der Waals surface area contributed by atoms with E-state index in [0.717, 1.165) is 19.4 Å². The normalized spacial score (nSPS) is 26.1. The molecule has 1 radical (unpaired) electrons. The molecule has 0 bridgehead atoms. The summed E-state index contributed by atoms with van der Waals surface area (Å²) in [5, 5.41) is 6.67. The lowest BCUT2D eigenvalue weighted by atomic mass is 10.2. The molecule has 0 unspecified atom stereocenters. The molecule has 3 nitrogen and oxygen atoms in total. The second kappa shape index (κ2) is 2.82. The van der Waals surface area contributed by atoms with Crippen LogP contribution in [0.5, 0.6) is 0 Å². The molecule has 1 rings (SSSR count). The average molecular weight is 127 g/mol. The molecule has 3 heteroatoms. The summed E-state index contributed by atoms with van der Waals surface area (Å²) in [6.45, 7) is 0.859. The molecule has 0 aromatic carbocycles. The standard InChI is InChI=1S/C6H11N2O/c1-7-6(9)5-3-2-4-8-5/h5H,2-4H2,1H3,(H,7,9)/t5-/m0/s1. The van der Waals surface area contributed by atoms with Crippen LogP contribution in [-0.2, 0) is 4.79 Å². The summed E-state index contributed by atoms with van der Waals surface area (Å²) in [5.41, 5.74) is 0. The fraction of sp³-hybridized carbons (Fsp3) is 0.833. The predicted octanol–water partition coefficient (Wildman–Crippen LogP) is -0.501. The first-order chi connectivity index (χ1) is 4.34. The van der Waals surface area contributed by atoms with Gasteiger partial charge in [-0.05, 0) is 12.8 Å². The smallest absolute Gasteiger partial charge is 0.238 e. The Labute approximate surface area is 54.8 Å². The highest BCUT2D eigenvalue weighted by atomic mass is 16.2. The molecule has 0 saturated carbocycles. The van der Waals surface area contributed by atoms with E-state index in [0.29, 0.717) is 0 Å². The summed E-state index contributed by atoms with van der Waals surface area (Å²) in [6.07, 6.45) is 2.00. The minimum Gasteiger partial charge on any atom is -0.358 e. The van der Waals surface area contributed by atoms with Gasteiger partial charge >= 0.3 is 0 Å². The Hall–Kier alpha value is -0.570. The van der Waals surface area contributed by atoms with Crippen LogP contribution in [0.3, 0.4) is 0 Å². The lowest BCUT2D eigenvalue weighted by Gasteiger charge is -2.04. The molecule has 1 N–H and O–H groups in total. The SMILES string of the molecule is CNC(=O)[C@@H]1CCC[N]1. The molecular weight excluding hydrogens is 116 g/mol. The van der Waals surface area contributed by atoms with Gasteiger partial charge in [0, 0.05) is 13.6 Å². The van der Waals surface area contributed by atoms with Crippen LogP contribution in [0.4, 0.5) is 0 Å². The van der Waals surface area contributed by atoms with Crippen LogP contribution >= 0.6 is 0 Å². The van der Waals surface area contributed by atoms with E-state index in [1.165, 1.54) is 0 Å². The molecule has 51 valence electrons. The molecule has 1 heterocycles. The highest BCUT2D eigenvalue weighted by molar-refractivity contribution is 5.81. The van der Waals surface area contributed by atoms with Crippen molar-refractivity contribution in [2.75, 3.05) is 13.6 Å². The molecule has 1 aliphatic rings. The van der Waals surface area contributed by atoms with Gasteiger partial charge in [-0.3, -0.25) is 4.79 Å². The first-order valence-corrected chi connectivity index (χ1v) is 3.23. The molecule has 0 aliphatic carbocycles. The van der Waals surface area contributed by atoms with Gasteiger partial charge in [-0.15, -0.1) is 0 Å². The van der Waals surface area contributed by atoms with Crippen molar-refractivity contribution in [1.29, 1.82) is 0 Å². The summed E-state index contributed by atoms with van der Waals surface area (Å²) in [5.74, 6) is 0.0625. The maximum Gasteiger partial charge on any atom is 0.238 e. The number of likely N-dealkylation sites (N-methyl/N-ethyl adjacent to an activating group) is 1. The van der Waals surface area contributed by atoms with Crippen LogP contribution in [-0.4, -0.2) is 25.5 Å². The van der Waals surface area contributed by atoms with Crippen molar-refractivity contribution in [1.82, 2.24) is 10.6 Å². The van der Waals surface area contributed by atoms with Crippen LogP contribution in [0.1, 0.15) is 12.8 Å². The number of nitrogens with zero attached hydrogens (tertiary/aromatic N) is 1. The van der Waals surface area contributed by atoms with E-state index in [4.69, 9.17) is 0 Å². The van der Waals surface area contributed by atoms with Gasteiger partial charge in [0.15, 0.2) is 0 Å². The van der Waals surface area contributed by atoms with Gasteiger partial charge < -0.3 is 5.32 Å². The minimum atomic E-state index is -0.0463. The van der Waals surface area contributed by atoms with Gasteiger partial charge in [0.1, 0.15) is 6.04 Å². The Morgan fingerprint density at radius 3 is 3.00 bits per heavy atom. The van der Waals surface area contributed by atoms with Crippen molar-refractivity contribution < 1.29 is 4.79 Å². The quantitative estimate of drug-likeness (QED) is 0.507. The number of hydrogen-bond acceptors (Lipinski definition) is 1. The third-order valence-electron chi connectivity index (χ3n) is 1.53. The van der Waals surface area contributed by atoms with Gasteiger partial charge in [0.05, 0.1) is 0 Å². The van der Waals surface area contributed by atoms with Gasteiger partial charge in [-0.25, -0.2) is 5.32 Å². The molecule has 0 spiro atoms. The lowest BCUT2D eigenvalue weighted by molar-refractivity contribution is -0.122. The number of nitrogens with one attached hydrogen (secondary N) is 1. The largest absolute Gasteiger partial charge is 0.358 e. The number of carbonyl (C=O) groups excluding carboxylic acids is 1. The summed E-state index contributed by atoms with van der Waals surface area (Å²) >= 11 is 0. The Kier molecular flexibility index (Phi) is 2.05. The summed E-state index contributed by atoms with van der Waals surface area (Å²) < 4.78 is 0. The minimum absolute atomic E-state index is 0.0463. The maximum atomic E-state index is 10.8. The molecule has 0 aromatic rings. The third kappa shape index (κ3) is 1.42. The molecular formula is C6H11N2O. The van der Waals surface area contributed by atoms with Crippen molar-refractivity contribution in [2.24, 2.45) is 0 Å². The average Bonchev–Trinajstić information content (AvgIpc) is 2.37. The number of hydrogen-bond donors (Lipinski definition) is 1. The molecule has 1 aliphatic heterocycles. The number of amides is 1. The van der Waals surface area contributed by atoms with E-state index in [1.807, 2.05) is 0 Å². The van der Waals surface area contributed by atoms with Gasteiger partial charge in [0.2, 0.25) is 5.91 Å². The molecule has 9 heavy (non-hydrogen) atoms. The molecule has 1 fully saturated rings. The van der Waals surface area contributed by atoms with Crippen molar-refractivity contribution in [2.45, 2.75) is 18.9 Å². The van der Waals surface area contributed by atoms with Crippen molar-refractivity contribution >= 4 is 5.91 Å². The van der Waals surface area contributed by atoms with Crippen LogP contribution in [0.25, 0.3) is 0 Å². The Morgan fingerprint density at radius 2 is 2.56 bits per heavy atom. The van der Waals surface area contributed by atoms with Crippen molar-refractivity contribution in [3.05, 3.63) is 0 Å². The molecule has 1 saturated heterocycles. The topological polar surface area (TPSA) is 43.2 Å². The number of rotatable bonds is 1. The van der Waals surface area contributed by atoms with E-state index in [-0.39, 0.29) is 11.9 Å². The summed E-state index contributed by atoms with van der Waals surface area (Å²) in [7, 11) is 1.65. The molecule has 0 aromatic heterocycles. The maximum absolute atomic E-state index is 10.8. The molecule has 1 atom stereocenters. The Morgan fingerprint density at radius 1 is 1.78 bits per heavy atom. The third-order valence-corrected chi connectivity index (χ3v) is 1.53. The van der Waals surface area contributed by atoms with E-state index in [9.17, 15) is 4.79 Å². The first kappa shape index (κ1) is 6.55. The second-order valence-electron chi connectivity index (χ2n) is 2.18. The lowest BCUT2D eigenvalue weighted by Crippen LogP contribution is -2.34. The monoisotopic (exact) mass is 127 g/mol. The van der Waals surface area contributed by atoms with Gasteiger partial charge in [-0.2, -0.15) is 0 Å². The van der Waals surface area contributed by atoms with Crippen LogP contribution in [0.2, 0.25) is 0 Å². The highest BCUT2D eigenvalue weighted by Gasteiger charge is 2.21. The van der Waals surface area contributed by atoms with E-state index >= 15 is 0 Å². The fourth-order valence-corrected chi connectivity index (χ4v) is 1.00. The van der Waals surface area contributed by atoms with Gasteiger partial charge in [-0.1, -0.05) is 0 Å². The zero-order valence-electron chi connectivity index (χ0n) is 5.55. The second-order valence-corrected chi connectivity index (χ2v) is 2.18. The summed E-state index contributed by atoms with van der Waals surface area (Å²) in [4.78, 5) is 10.8. The molecule has 1 amide bonds.